The summed E-state index contributed by atoms with van der Waals surface area (Å²) in [5.41, 5.74) is 5.74. The topological polar surface area (TPSA) is 44.3 Å². The molecule has 1 heterocycles. The molecule has 1 atom stereocenters. The molecule has 1 rings (SSSR count). The van der Waals surface area contributed by atoms with E-state index in [0.717, 1.165) is 13.0 Å². The maximum Gasteiger partial charge on any atom is 0.0691 e. The Bertz CT molecular complexity index is 51.7. The van der Waals surface area contributed by atoms with Crippen LogP contribution < -0.4 is 10.9 Å². The molecule has 1 aliphatic rings. The summed E-state index contributed by atoms with van der Waals surface area (Å²) in [6.45, 7) is 1.56. The third kappa shape index (κ3) is 1.43. The SMILES string of the molecule is OC1CCNNC1. The van der Waals surface area contributed by atoms with Crippen molar-refractivity contribution in [2.45, 2.75) is 12.5 Å². The molecule has 0 saturated carbocycles. The molecule has 1 unspecified atom stereocenters. The maximum atomic E-state index is 8.81. The minimum Gasteiger partial charge on any atom is -0.392 e. The van der Waals surface area contributed by atoms with E-state index in [2.05, 4.69) is 10.9 Å². The van der Waals surface area contributed by atoms with E-state index >= 15 is 0 Å². The van der Waals surface area contributed by atoms with Crippen LogP contribution in [0, 0.1) is 0 Å². The summed E-state index contributed by atoms with van der Waals surface area (Å²) in [7, 11) is 0. The van der Waals surface area contributed by atoms with Crippen LogP contribution >= 0.6 is 0 Å². The lowest BCUT2D eigenvalue weighted by atomic mass is 10.2. The van der Waals surface area contributed by atoms with Gasteiger partial charge in [-0.2, -0.15) is 0 Å². The van der Waals surface area contributed by atoms with Gasteiger partial charge in [0, 0.05) is 13.1 Å². The average molecular weight is 102 g/mol. The zero-order chi connectivity index (χ0) is 5.11. The minimum absolute atomic E-state index is 0.138. The Morgan fingerprint density at radius 1 is 1.43 bits per heavy atom. The van der Waals surface area contributed by atoms with E-state index in [9.17, 15) is 0 Å². The first kappa shape index (κ1) is 5.03. The van der Waals surface area contributed by atoms with E-state index < -0.39 is 0 Å². The molecule has 1 aliphatic heterocycles. The molecule has 0 radical (unpaired) electrons. The number of aliphatic hydroxyl groups excluding tert-OH is 1. The van der Waals surface area contributed by atoms with Crippen LogP contribution in [0.15, 0.2) is 0 Å². The van der Waals surface area contributed by atoms with Crippen LogP contribution in [-0.2, 0) is 0 Å². The van der Waals surface area contributed by atoms with Gasteiger partial charge in [0.1, 0.15) is 0 Å². The van der Waals surface area contributed by atoms with Gasteiger partial charge in [-0.3, -0.25) is 10.9 Å². The lowest BCUT2D eigenvalue weighted by Crippen LogP contribution is -2.45. The van der Waals surface area contributed by atoms with Crippen molar-refractivity contribution in [1.82, 2.24) is 10.9 Å². The average Bonchev–Trinajstić information content (AvgIpc) is 1.69. The van der Waals surface area contributed by atoms with Gasteiger partial charge >= 0.3 is 0 Å². The Morgan fingerprint density at radius 2 is 2.29 bits per heavy atom. The molecular weight excluding hydrogens is 92.1 g/mol. The summed E-state index contributed by atoms with van der Waals surface area (Å²) in [6, 6.07) is 0. The van der Waals surface area contributed by atoms with E-state index in [4.69, 9.17) is 5.11 Å². The van der Waals surface area contributed by atoms with Gasteiger partial charge in [0.2, 0.25) is 0 Å². The molecule has 1 saturated heterocycles. The van der Waals surface area contributed by atoms with Gasteiger partial charge in [0.25, 0.3) is 0 Å². The summed E-state index contributed by atoms with van der Waals surface area (Å²) in [5.74, 6) is 0. The third-order valence-electron chi connectivity index (χ3n) is 1.07. The standard InChI is InChI=1S/C4H10N2O/c7-4-1-2-5-6-3-4/h4-7H,1-3H2. The van der Waals surface area contributed by atoms with Crippen molar-refractivity contribution in [3.63, 3.8) is 0 Å². The smallest absolute Gasteiger partial charge is 0.0691 e. The Morgan fingerprint density at radius 3 is 2.57 bits per heavy atom. The van der Waals surface area contributed by atoms with Gasteiger partial charge in [0.05, 0.1) is 6.10 Å². The van der Waals surface area contributed by atoms with Crippen LogP contribution in [0.1, 0.15) is 6.42 Å². The summed E-state index contributed by atoms with van der Waals surface area (Å²) in [6.07, 6.45) is 0.730. The fourth-order valence-electron chi connectivity index (χ4n) is 0.619. The van der Waals surface area contributed by atoms with Crippen LogP contribution in [0.2, 0.25) is 0 Å². The largest absolute Gasteiger partial charge is 0.392 e. The Labute approximate surface area is 42.7 Å². The minimum atomic E-state index is -0.138. The number of rotatable bonds is 0. The van der Waals surface area contributed by atoms with E-state index in [1.807, 2.05) is 0 Å². The number of nitrogens with one attached hydrogen (secondary N) is 2. The number of aliphatic hydroxyl groups is 1. The van der Waals surface area contributed by atoms with Gasteiger partial charge in [-0.05, 0) is 6.42 Å². The van der Waals surface area contributed by atoms with Crippen LogP contribution in [0.5, 0.6) is 0 Å². The van der Waals surface area contributed by atoms with Crippen molar-refractivity contribution < 1.29 is 5.11 Å². The molecular formula is C4H10N2O. The van der Waals surface area contributed by atoms with E-state index in [0.29, 0.717) is 6.54 Å². The molecule has 42 valence electrons. The van der Waals surface area contributed by atoms with Crippen molar-refractivity contribution in [3.05, 3.63) is 0 Å². The molecule has 1 fully saturated rings. The summed E-state index contributed by atoms with van der Waals surface area (Å²) >= 11 is 0. The highest BCUT2D eigenvalue weighted by Crippen LogP contribution is 1.89. The first-order valence-corrected chi connectivity index (χ1v) is 2.53. The Balaban J connectivity index is 2.12. The second-order valence-corrected chi connectivity index (χ2v) is 1.75. The van der Waals surface area contributed by atoms with E-state index in [1.165, 1.54) is 0 Å². The van der Waals surface area contributed by atoms with Crippen molar-refractivity contribution >= 4 is 0 Å². The molecule has 3 heteroatoms. The fourth-order valence-corrected chi connectivity index (χ4v) is 0.619. The molecule has 0 spiro atoms. The summed E-state index contributed by atoms with van der Waals surface area (Å²) < 4.78 is 0. The van der Waals surface area contributed by atoms with E-state index in [-0.39, 0.29) is 6.10 Å². The van der Waals surface area contributed by atoms with Crippen LogP contribution in [0.25, 0.3) is 0 Å². The van der Waals surface area contributed by atoms with Gasteiger partial charge < -0.3 is 5.11 Å². The van der Waals surface area contributed by atoms with Crippen LogP contribution in [0.4, 0.5) is 0 Å². The van der Waals surface area contributed by atoms with Crippen LogP contribution in [-0.4, -0.2) is 24.3 Å². The first-order chi connectivity index (χ1) is 3.39. The highest BCUT2D eigenvalue weighted by Gasteiger charge is 2.06. The lowest BCUT2D eigenvalue weighted by molar-refractivity contribution is 0.133. The molecule has 0 aromatic rings. The Hall–Kier alpha value is -0.120. The lowest BCUT2D eigenvalue weighted by Gasteiger charge is -2.17. The molecule has 7 heavy (non-hydrogen) atoms. The van der Waals surface area contributed by atoms with Gasteiger partial charge in [-0.25, -0.2) is 0 Å². The molecule has 0 amide bonds. The summed E-state index contributed by atoms with van der Waals surface area (Å²) in [4.78, 5) is 0. The molecule has 0 aromatic carbocycles. The number of hydrogen-bond donors (Lipinski definition) is 3. The van der Waals surface area contributed by atoms with Crippen molar-refractivity contribution in [3.8, 4) is 0 Å². The second kappa shape index (κ2) is 2.26. The van der Waals surface area contributed by atoms with Crippen molar-refractivity contribution in [2.24, 2.45) is 0 Å². The fraction of sp³-hybridized carbons (Fsp3) is 1.00. The van der Waals surface area contributed by atoms with E-state index in [1.54, 1.807) is 0 Å². The molecule has 3 N–H and O–H groups in total. The monoisotopic (exact) mass is 102 g/mol. The zero-order valence-electron chi connectivity index (χ0n) is 4.15. The van der Waals surface area contributed by atoms with Crippen LogP contribution in [0.3, 0.4) is 0 Å². The maximum absolute atomic E-state index is 8.81. The molecule has 3 nitrogen and oxygen atoms in total. The highest BCUT2D eigenvalue weighted by molar-refractivity contribution is 4.63. The van der Waals surface area contributed by atoms with Crippen molar-refractivity contribution in [2.75, 3.05) is 13.1 Å². The molecule has 0 bridgehead atoms. The highest BCUT2D eigenvalue weighted by atomic mass is 16.3. The predicted molar refractivity (Wildman–Crippen MR) is 26.6 cm³/mol. The second-order valence-electron chi connectivity index (χ2n) is 1.75. The molecule has 0 aliphatic carbocycles. The molecule has 0 aromatic heterocycles. The Kier molecular flexibility index (Phi) is 1.62. The number of hydrazine groups is 1. The van der Waals surface area contributed by atoms with Gasteiger partial charge in [0.15, 0.2) is 0 Å². The quantitative estimate of drug-likeness (QED) is 0.361. The first-order valence-electron chi connectivity index (χ1n) is 2.53. The zero-order valence-corrected chi connectivity index (χ0v) is 4.15. The van der Waals surface area contributed by atoms with Crippen molar-refractivity contribution in [1.29, 1.82) is 0 Å². The summed E-state index contributed by atoms with van der Waals surface area (Å²) in [5, 5.41) is 8.81. The number of β-amino-alcohol motifs (C(OH)–C–C–N with tert-alkyl or cyclic N) is 1. The van der Waals surface area contributed by atoms with Gasteiger partial charge in [-0.1, -0.05) is 0 Å². The third-order valence-corrected chi connectivity index (χ3v) is 1.07. The van der Waals surface area contributed by atoms with Gasteiger partial charge in [-0.15, -0.1) is 0 Å². The predicted octanol–water partition coefficient (Wildman–Crippen LogP) is -1.15. The number of hydrogen-bond acceptors (Lipinski definition) is 3. The normalized spacial score (nSPS) is 33.0.